The monoisotopic (exact) mass is 389 g/mol. The lowest BCUT2D eigenvalue weighted by Gasteiger charge is -2.12. The number of anilines is 1. The number of ether oxygens (including phenoxy) is 1. The van der Waals surface area contributed by atoms with Crippen LogP contribution in [0.3, 0.4) is 0 Å². The van der Waals surface area contributed by atoms with Gasteiger partial charge >= 0.3 is 0 Å². The summed E-state index contributed by atoms with van der Waals surface area (Å²) in [6, 6.07) is 8.82. The van der Waals surface area contributed by atoms with Crippen molar-refractivity contribution in [1.82, 2.24) is 9.97 Å². The maximum atomic E-state index is 11.6. The first kappa shape index (κ1) is 18.6. The van der Waals surface area contributed by atoms with Crippen molar-refractivity contribution in [1.29, 1.82) is 0 Å². The number of nitrogens with zero attached hydrogens (tertiary/aromatic N) is 2. The Kier molecular flexibility index (Phi) is 6.08. The molecule has 136 valence electrons. The Hall–Kier alpha value is -2.16. The molecule has 0 radical (unpaired) electrons. The Morgan fingerprint density at radius 3 is 2.81 bits per heavy atom. The van der Waals surface area contributed by atoms with Gasteiger partial charge in [0.2, 0.25) is 0 Å². The van der Waals surface area contributed by atoms with Crippen LogP contribution in [0.15, 0.2) is 40.9 Å². The van der Waals surface area contributed by atoms with E-state index in [9.17, 15) is 9.90 Å². The number of hydrogen-bond acceptors (Lipinski definition) is 8. The third-order valence-corrected chi connectivity index (χ3v) is 5.48. The van der Waals surface area contributed by atoms with Crippen LogP contribution < -0.4 is 10.5 Å². The fourth-order valence-corrected chi connectivity index (χ4v) is 3.86. The minimum absolute atomic E-state index is 0.0926. The molecule has 2 heterocycles. The van der Waals surface area contributed by atoms with Gasteiger partial charge in [0.1, 0.15) is 23.0 Å². The average Bonchev–Trinajstić information content (AvgIpc) is 3.13. The summed E-state index contributed by atoms with van der Waals surface area (Å²) in [7, 11) is 0. The van der Waals surface area contributed by atoms with Crippen molar-refractivity contribution in [2.24, 2.45) is 0 Å². The van der Waals surface area contributed by atoms with Gasteiger partial charge in [-0.1, -0.05) is 18.7 Å². The molecule has 3 aromatic rings. The number of nitrogen functional groups attached to an aromatic ring is 1. The Bertz CT molecular complexity index is 896. The number of nitrogens with two attached hydrogens (primary N) is 1. The predicted octanol–water partition coefficient (Wildman–Crippen LogP) is 3.40. The van der Waals surface area contributed by atoms with Crippen LogP contribution in [0, 0.1) is 0 Å². The van der Waals surface area contributed by atoms with Gasteiger partial charge in [-0.15, -0.1) is 11.3 Å². The molecule has 0 aliphatic carbocycles. The molecule has 0 aliphatic heterocycles. The molecule has 0 fully saturated rings. The molecule has 1 atom stereocenters. The lowest BCUT2D eigenvalue weighted by atomic mass is 10.1. The molecule has 1 aromatic carbocycles. The minimum atomic E-state index is -0.680. The number of fused-ring (bicyclic) bond motifs is 1. The molecule has 2 aromatic heterocycles. The maximum Gasteiger partial charge on any atom is 0.190 e. The van der Waals surface area contributed by atoms with Crippen LogP contribution in [0.5, 0.6) is 5.75 Å². The van der Waals surface area contributed by atoms with E-state index in [1.165, 1.54) is 23.1 Å². The quantitative estimate of drug-likeness (QED) is 0.346. The van der Waals surface area contributed by atoms with Gasteiger partial charge < -0.3 is 15.6 Å². The van der Waals surface area contributed by atoms with Gasteiger partial charge in [0.25, 0.3) is 0 Å². The standard InChI is InChI=1S/C18H19N3O3S2/c1-2-15(23)11-3-5-13(6-4-11)24-9-12(22)10-26-18-20-16(19)14-7-8-25-17(14)21-18/h3-8,12,22H,2,9-10H2,1H3,(H2,19,20,21)/t12-/m0/s1. The fraction of sp³-hybridized carbons (Fsp3) is 0.278. The third-order valence-electron chi connectivity index (χ3n) is 3.68. The SMILES string of the molecule is CCC(=O)c1ccc(OC[C@H](O)CSc2nc(N)c3ccsc3n2)cc1. The van der Waals surface area contributed by atoms with Gasteiger partial charge in [-0.2, -0.15) is 0 Å². The predicted molar refractivity (Wildman–Crippen MR) is 105 cm³/mol. The van der Waals surface area contributed by atoms with E-state index in [1.807, 2.05) is 18.4 Å². The number of carbonyl (C=O) groups excluding carboxylic acids is 1. The van der Waals surface area contributed by atoms with Crippen LogP contribution in [0.25, 0.3) is 10.2 Å². The third kappa shape index (κ3) is 4.51. The molecule has 3 N–H and O–H groups in total. The second-order valence-electron chi connectivity index (χ2n) is 5.61. The highest BCUT2D eigenvalue weighted by atomic mass is 32.2. The van der Waals surface area contributed by atoms with Crippen molar-refractivity contribution in [2.45, 2.75) is 24.6 Å². The Balaban J connectivity index is 1.50. The van der Waals surface area contributed by atoms with E-state index in [0.29, 0.717) is 34.5 Å². The lowest BCUT2D eigenvalue weighted by Crippen LogP contribution is -2.20. The van der Waals surface area contributed by atoms with Gasteiger partial charge in [-0.05, 0) is 35.7 Å². The number of rotatable bonds is 8. The number of benzene rings is 1. The molecule has 26 heavy (non-hydrogen) atoms. The van der Waals surface area contributed by atoms with E-state index in [1.54, 1.807) is 24.3 Å². The van der Waals surface area contributed by atoms with Crippen molar-refractivity contribution in [2.75, 3.05) is 18.1 Å². The highest BCUT2D eigenvalue weighted by Crippen LogP contribution is 2.26. The summed E-state index contributed by atoms with van der Waals surface area (Å²) < 4.78 is 5.57. The van der Waals surface area contributed by atoms with Crippen LogP contribution in [0.4, 0.5) is 5.82 Å². The first-order valence-corrected chi connectivity index (χ1v) is 10.0. The number of Topliss-reactive ketones (excluding diaryl/α,β-unsaturated/α-hetero) is 1. The fourth-order valence-electron chi connectivity index (χ4n) is 2.27. The van der Waals surface area contributed by atoms with Gasteiger partial charge in [0.05, 0.1) is 11.5 Å². The van der Waals surface area contributed by atoms with Crippen molar-refractivity contribution >= 4 is 44.9 Å². The summed E-state index contributed by atoms with van der Waals surface area (Å²) in [5.41, 5.74) is 6.58. The summed E-state index contributed by atoms with van der Waals surface area (Å²) in [6.07, 6.45) is -0.208. The zero-order chi connectivity index (χ0) is 18.5. The van der Waals surface area contributed by atoms with E-state index < -0.39 is 6.10 Å². The summed E-state index contributed by atoms with van der Waals surface area (Å²) in [6.45, 7) is 1.97. The number of ketones is 1. The number of hydrogen-bond donors (Lipinski definition) is 2. The van der Waals surface area contributed by atoms with Crippen LogP contribution in [-0.2, 0) is 0 Å². The van der Waals surface area contributed by atoms with E-state index in [2.05, 4.69) is 9.97 Å². The average molecular weight is 390 g/mol. The normalized spacial score (nSPS) is 12.2. The van der Waals surface area contributed by atoms with Crippen molar-refractivity contribution in [3.63, 3.8) is 0 Å². The number of aliphatic hydroxyl groups excluding tert-OH is 1. The number of thiophene rings is 1. The van der Waals surface area contributed by atoms with Crippen LogP contribution in [0.2, 0.25) is 0 Å². The molecule has 8 heteroatoms. The van der Waals surface area contributed by atoms with Crippen LogP contribution in [-0.4, -0.2) is 39.3 Å². The van der Waals surface area contributed by atoms with Gasteiger partial charge in [0, 0.05) is 17.7 Å². The number of aliphatic hydroxyl groups is 1. The van der Waals surface area contributed by atoms with Crippen molar-refractivity contribution in [3.8, 4) is 5.75 Å². The number of thioether (sulfide) groups is 1. The Labute approximate surface area is 159 Å². The molecule has 0 unspecified atom stereocenters. The van der Waals surface area contributed by atoms with E-state index >= 15 is 0 Å². The lowest BCUT2D eigenvalue weighted by molar-refractivity contribution is 0.0987. The molecule has 0 aliphatic rings. The van der Waals surface area contributed by atoms with Gasteiger partial charge in [-0.3, -0.25) is 4.79 Å². The van der Waals surface area contributed by atoms with Gasteiger partial charge in [0.15, 0.2) is 10.9 Å². The molecule has 3 rings (SSSR count). The zero-order valence-electron chi connectivity index (χ0n) is 14.2. The second kappa shape index (κ2) is 8.48. The summed E-state index contributed by atoms with van der Waals surface area (Å²) in [4.78, 5) is 21.1. The molecular formula is C18H19N3O3S2. The molecule has 0 bridgehead atoms. The Morgan fingerprint density at radius 1 is 1.31 bits per heavy atom. The smallest absolute Gasteiger partial charge is 0.190 e. The van der Waals surface area contributed by atoms with Crippen molar-refractivity contribution in [3.05, 3.63) is 41.3 Å². The van der Waals surface area contributed by atoms with E-state index in [0.717, 1.165) is 10.2 Å². The maximum absolute atomic E-state index is 11.6. The highest BCUT2D eigenvalue weighted by Gasteiger charge is 2.11. The molecule has 0 saturated carbocycles. The summed E-state index contributed by atoms with van der Waals surface area (Å²) in [5, 5.41) is 13.4. The first-order valence-electron chi connectivity index (χ1n) is 8.14. The van der Waals surface area contributed by atoms with E-state index in [-0.39, 0.29) is 12.4 Å². The van der Waals surface area contributed by atoms with Crippen LogP contribution >= 0.6 is 23.1 Å². The molecule has 6 nitrogen and oxygen atoms in total. The van der Waals surface area contributed by atoms with E-state index in [4.69, 9.17) is 10.5 Å². The molecule has 0 spiro atoms. The van der Waals surface area contributed by atoms with Crippen molar-refractivity contribution < 1.29 is 14.6 Å². The van der Waals surface area contributed by atoms with Crippen LogP contribution in [0.1, 0.15) is 23.7 Å². The summed E-state index contributed by atoms with van der Waals surface area (Å²) in [5.74, 6) is 1.55. The topological polar surface area (TPSA) is 98.3 Å². The first-order chi connectivity index (χ1) is 12.6. The minimum Gasteiger partial charge on any atom is -0.491 e. The second-order valence-corrected chi connectivity index (χ2v) is 7.49. The Morgan fingerprint density at radius 2 is 2.08 bits per heavy atom. The van der Waals surface area contributed by atoms with Gasteiger partial charge in [-0.25, -0.2) is 9.97 Å². The zero-order valence-corrected chi connectivity index (χ0v) is 15.8. The molecule has 0 saturated heterocycles. The molecular weight excluding hydrogens is 370 g/mol. The largest absolute Gasteiger partial charge is 0.491 e. The summed E-state index contributed by atoms with van der Waals surface area (Å²) >= 11 is 2.84. The highest BCUT2D eigenvalue weighted by molar-refractivity contribution is 7.99. The number of carbonyl (C=O) groups is 1. The number of aromatic nitrogens is 2. The molecule has 0 amide bonds.